The minimum Gasteiger partial charge on any atom is -0.481 e. The highest BCUT2D eigenvalue weighted by Gasteiger charge is 2.28. The number of benzene rings is 1. The van der Waals surface area contributed by atoms with Crippen LogP contribution in [0.1, 0.15) is 36.4 Å². The van der Waals surface area contributed by atoms with Crippen molar-refractivity contribution in [2.45, 2.75) is 44.0 Å². The van der Waals surface area contributed by atoms with E-state index in [1.54, 1.807) is 7.11 Å². The molecule has 1 aromatic heterocycles. The van der Waals surface area contributed by atoms with Gasteiger partial charge in [0.1, 0.15) is 6.10 Å². The second-order valence-electron chi connectivity index (χ2n) is 7.58. The fourth-order valence-electron chi connectivity index (χ4n) is 4.05. The van der Waals surface area contributed by atoms with E-state index in [0.717, 1.165) is 31.4 Å². The summed E-state index contributed by atoms with van der Waals surface area (Å²) in [5, 5.41) is 7.34. The molecular weight excluding hydrogens is 384 g/mol. The van der Waals surface area contributed by atoms with Crippen LogP contribution in [0.4, 0.5) is 0 Å². The molecule has 2 aromatic rings. The maximum absolute atomic E-state index is 6.15. The van der Waals surface area contributed by atoms with Gasteiger partial charge in [-0.3, -0.25) is 0 Å². The van der Waals surface area contributed by atoms with E-state index in [0.29, 0.717) is 31.5 Å². The lowest BCUT2D eigenvalue weighted by atomic mass is 9.92. The highest BCUT2D eigenvalue weighted by molar-refractivity contribution is 5.37. The monoisotopic (exact) mass is 414 g/mol. The maximum Gasteiger partial charge on any atom is 0.322 e. The Morgan fingerprint density at radius 2 is 1.93 bits per heavy atom. The number of aromatic nitrogens is 2. The SMILES string of the molecule is COc1nc(OC)c(CN[C@H]2CCCN[C@H]2c2ccccc2)c(O[C@H]2CCOC2)n1. The first-order valence-corrected chi connectivity index (χ1v) is 10.5. The van der Waals surface area contributed by atoms with Gasteiger partial charge >= 0.3 is 6.01 Å². The van der Waals surface area contributed by atoms with Gasteiger partial charge in [0.05, 0.1) is 33.0 Å². The molecule has 8 heteroatoms. The van der Waals surface area contributed by atoms with E-state index in [2.05, 4.69) is 44.9 Å². The molecule has 0 spiro atoms. The molecule has 2 aliphatic rings. The van der Waals surface area contributed by atoms with Gasteiger partial charge in [0, 0.05) is 25.0 Å². The molecule has 0 radical (unpaired) electrons. The predicted molar refractivity (Wildman–Crippen MR) is 112 cm³/mol. The van der Waals surface area contributed by atoms with Crippen LogP contribution in [0.5, 0.6) is 17.8 Å². The van der Waals surface area contributed by atoms with Crippen molar-refractivity contribution in [1.29, 1.82) is 0 Å². The van der Waals surface area contributed by atoms with Gasteiger partial charge in [0.15, 0.2) is 0 Å². The van der Waals surface area contributed by atoms with E-state index >= 15 is 0 Å². The largest absolute Gasteiger partial charge is 0.481 e. The Morgan fingerprint density at radius 1 is 1.10 bits per heavy atom. The van der Waals surface area contributed by atoms with Crippen molar-refractivity contribution in [3.05, 3.63) is 41.5 Å². The lowest BCUT2D eigenvalue weighted by Crippen LogP contribution is -2.45. The van der Waals surface area contributed by atoms with Gasteiger partial charge in [0.2, 0.25) is 11.8 Å². The van der Waals surface area contributed by atoms with Crippen LogP contribution >= 0.6 is 0 Å². The van der Waals surface area contributed by atoms with E-state index in [4.69, 9.17) is 18.9 Å². The van der Waals surface area contributed by atoms with Crippen LogP contribution in [0.15, 0.2) is 30.3 Å². The normalized spacial score (nSPS) is 23.9. The molecule has 30 heavy (non-hydrogen) atoms. The van der Waals surface area contributed by atoms with Crippen molar-refractivity contribution in [2.75, 3.05) is 34.0 Å². The summed E-state index contributed by atoms with van der Waals surface area (Å²) in [5.41, 5.74) is 2.08. The van der Waals surface area contributed by atoms with Crippen LogP contribution in [-0.4, -0.2) is 56.1 Å². The minimum atomic E-state index is -0.0264. The van der Waals surface area contributed by atoms with Gasteiger partial charge in [-0.15, -0.1) is 0 Å². The molecule has 4 rings (SSSR count). The zero-order chi connectivity index (χ0) is 20.8. The zero-order valence-corrected chi connectivity index (χ0v) is 17.6. The molecule has 0 saturated carbocycles. The first-order valence-electron chi connectivity index (χ1n) is 10.5. The summed E-state index contributed by atoms with van der Waals surface area (Å²) < 4.78 is 22.4. The van der Waals surface area contributed by atoms with Gasteiger partial charge in [-0.1, -0.05) is 30.3 Å². The number of hydrogen-bond donors (Lipinski definition) is 2. The Morgan fingerprint density at radius 3 is 2.67 bits per heavy atom. The van der Waals surface area contributed by atoms with E-state index in [1.165, 1.54) is 12.7 Å². The number of piperidine rings is 1. The second-order valence-corrected chi connectivity index (χ2v) is 7.58. The first kappa shape index (κ1) is 20.8. The molecule has 2 fully saturated rings. The highest BCUT2D eigenvalue weighted by atomic mass is 16.6. The smallest absolute Gasteiger partial charge is 0.322 e. The minimum absolute atomic E-state index is 0.0264. The maximum atomic E-state index is 6.15. The fourth-order valence-corrected chi connectivity index (χ4v) is 4.05. The first-order chi connectivity index (χ1) is 14.8. The van der Waals surface area contributed by atoms with E-state index in [1.807, 2.05) is 6.07 Å². The predicted octanol–water partition coefficient (Wildman–Crippen LogP) is 2.24. The zero-order valence-electron chi connectivity index (χ0n) is 17.6. The highest BCUT2D eigenvalue weighted by Crippen LogP contribution is 2.31. The lowest BCUT2D eigenvalue weighted by Gasteiger charge is -2.34. The summed E-state index contributed by atoms with van der Waals surface area (Å²) in [6.45, 7) is 2.81. The Kier molecular flexibility index (Phi) is 6.99. The summed E-state index contributed by atoms with van der Waals surface area (Å²) in [6, 6.07) is 11.3. The van der Waals surface area contributed by atoms with E-state index < -0.39 is 0 Å². The lowest BCUT2D eigenvalue weighted by molar-refractivity contribution is 0.135. The number of methoxy groups -OCH3 is 2. The molecule has 1 aromatic carbocycles. The van der Waals surface area contributed by atoms with Gasteiger partial charge in [-0.05, 0) is 24.9 Å². The molecule has 8 nitrogen and oxygen atoms in total. The molecule has 2 aliphatic heterocycles. The average Bonchev–Trinajstić information content (AvgIpc) is 3.31. The topological polar surface area (TPSA) is 86.8 Å². The van der Waals surface area contributed by atoms with Gasteiger partial charge in [-0.25, -0.2) is 0 Å². The second kappa shape index (κ2) is 10.1. The van der Waals surface area contributed by atoms with Crippen molar-refractivity contribution < 1.29 is 18.9 Å². The Balaban J connectivity index is 1.54. The van der Waals surface area contributed by atoms with E-state index in [-0.39, 0.29) is 24.2 Å². The van der Waals surface area contributed by atoms with E-state index in [9.17, 15) is 0 Å². The summed E-state index contributed by atoms with van der Waals surface area (Å²) in [7, 11) is 3.13. The summed E-state index contributed by atoms with van der Waals surface area (Å²) >= 11 is 0. The van der Waals surface area contributed by atoms with Crippen LogP contribution in [0.3, 0.4) is 0 Å². The number of hydrogen-bond acceptors (Lipinski definition) is 8. The third-order valence-corrected chi connectivity index (χ3v) is 5.61. The van der Waals surface area contributed by atoms with Crippen molar-refractivity contribution in [3.8, 4) is 17.8 Å². The average molecular weight is 415 g/mol. The van der Waals surface area contributed by atoms with Gasteiger partial charge < -0.3 is 29.6 Å². The summed E-state index contributed by atoms with van der Waals surface area (Å²) in [6.07, 6.45) is 3.02. The number of ether oxygens (including phenoxy) is 4. The van der Waals surface area contributed by atoms with Crippen LogP contribution in [0.2, 0.25) is 0 Å². The Bertz CT molecular complexity index is 814. The van der Waals surface area contributed by atoms with Gasteiger partial charge in [-0.2, -0.15) is 9.97 Å². The van der Waals surface area contributed by atoms with Gasteiger partial charge in [0.25, 0.3) is 0 Å². The number of rotatable bonds is 8. The Hall–Kier alpha value is -2.42. The molecule has 2 saturated heterocycles. The molecule has 3 heterocycles. The Labute approximate surface area is 177 Å². The van der Waals surface area contributed by atoms with Crippen molar-refractivity contribution in [3.63, 3.8) is 0 Å². The molecule has 0 unspecified atom stereocenters. The summed E-state index contributed by atoms with van der Waals surface area (Å²) in [4.78, 5) is 8.82. The standard InChI is InChI=1S/C22H30N4O4/c1-27-20-17(21(26-22(25-20)28-2)30-16-10-12-29-14-16)13-24-18-9-6-11-23-19(18)15-7-4-3-5-8-15/h3-5,7-8,16,18-19,23-24H,6,9-14H2,1-2H3/t16-,18-,19-/m0/s1. The van der Waals surface area contributed by atoms with Crippen molar-refractivity contribution >= 4 is 0 Å². The molecule has 0 aliphatic carbocycles. The van der Waals surface area contributed by atoms with Crippen molar-refractivity contribution in [1.82, 2.24) is 20.6 Å². The van der Waals surface area contributed by atoms with Crippen LogP contribution in [-0.2, 0) is 11.3 Å². The van der Waals surface area contributed by atoms with Crippen LogP contribution < -0.4 is 24.8 Å². The van der Waals surface area contributed by atoms with Crippen LogP contribution in [0, 0.1) is 0 Å². The molecule has 3 atom stereocenters. The molecule has 0 amide bonds. The third-order valence-electron chi connectivity index (χ3n) is 5.61. The molecule has 0 bridgehead atoms. The van der Waals surface area contributed by atoms with Crippen LogP contribution in [0.25, 0.3) is 0 Å². The fraction of sp³-hybridized carbons (Fsp3) is 0.545. The molecular formula is C22H30N4O4. The summed E-state index contributed by atoms with van der Waals surface area (Å²) in [5.74, 6) is 0.949. The quantitative estimate of drug-likeness (QED) is 0.680. The van der Waals surface area contributed by atoms with Crippen molar-refractivity contribution in [2.24, 2.45) is 0 Å². The molecule has 162 valence electrons. The molecule has 2 N–H and O–H groups in total. The third kappa shape index (κ3) is 4.83. The number of nitrogens with one attached hydrogen (secondary N) is 2. The number of nitrogens with zero attached hydrogens (tertiary/aromatic N) is 2.